The minimum Gasteiger partial charge on any atom is -0.398 e. The van der Waals surface area contributed by atoms with Crippen LogP contribution in [0.25, 0.3) is 0 Å². The SMILES string of the molecule is NC1=CC(F)=CI=C1. The molecule has 0 fully saturated rings. The molecule has 0 aromatic carbocycles. The summed E-state index contributed by atoms with van der Waals surface area (Å²) in [6.45, 7) is 0. The maximum Gasteiger partial charge on any atom is 0.130 e. The van der Waals surface area contributed by atoms with E-state index in [-0.39, 0.29) is 26.6 Å². The van der Waals surface area contributed by atoms with Crippen molar-refractivity contribution >= 4 is 24.7 Å². The summed E-state index contributed by atoms with van der Waals surface area (Å²) in [6.07, 6.45) is 1.34. The van der Waals surface area contributed by atoms with Gasteiger partial charge in [-0.2, -0.15) is 0 Å². The van der Waals surface area contributed by atoms with Crippen molar-refractivity contribution in [2.45, 2.75) is 0 Å². The number of hydrogen-bond acceptors (Lipinski definition) is 1. The molecule has 0 saturated heterocycles. The number of hydrogen-bond donors (Lipinski definition) is 1. The largest absolute Gasteiger partial charge is 0.398 e. The number of allylic oxidation sites excluding steroid dienone is 3. The molecule has 0 saturated carbocycles. The second kappa shape index (κ2) is 2.39. The Morgan fingerprint density at radius 3 is 2.75 bits per heavy atom. The lowest BCUT2D eigenvalue weighted by atomic mass is 10.4. The Morgan fingerprint density at radius 2 is 2.38 bits per heavy atom. The quantitative estimate of drug-likeness (QED) is 0.620. The standard InChI is InChI=1S/C5H5FIN/c6-4-1-5(8)3-7-2-4/h1-3H,8H2. The summed E-state index contributed by atoms with van der Waals surface area (Å²) >= 11 is -0.221. The van der Waals surface area contributed by atoms with Gasteiger partial charge in [-0.3, -0.25) is 0 Å². The zero-order valence-corrected chi connectivity index (χ0v) is 6.22. The maximum absolute atomic E-state index is 12.1. The summed E-state index contributed by atoms with van der Waals surface area (Å²) in [5, 5.41) is 0. The van der Waals surface area contributed by atoms with E-state index in [1.54, 1.807) is 4.08 Å². The van der Waals surface area contributed by atoms with Crippen molar-refractivity contribution in [2.75, 3.05) is 0 Å². The first-order valence-corrected chi connectivity index (χ1v) is 4.56. The van der Waals surface area contributed by atoms with Crippen LogP contribution in [0.1, 0.15) is 0 Å². The molecule has 1 rings (SSSR count). The van der Waals surface area contributed by atoms with E-state index in [0.717, 1.165) is 0 Å². The monoisotopic (exact) mass is 225 g/mol. The van der Waals surface area contributed by atoms with E-state index in [0.29, 0.717) is 5.70 Å². The molecule has 3 heteroatoms. The van der Waals surface area contributed by atoms with Crippen molar-refractivity contribution in [2.24, 2.45) is 5.73 Å². The first-order valence-electron chi connectivity index (χ1n) is 2.07. The normalized spacial score (nSPS) is 18.6. The molecule has 1 nitrogen and oxygen atoms in total. The summed E-state index contributed by atoms with van der Waals surface area (Å²) in [6, 6.07) is 0. The van der Waals surface area contributed by atoms with Gasteiger partial charge in [-0.15, -0.1) is 0 Å². The van der Waals surface area contributed by atoms with Gasteiger partial charge in [-0.1, -0.05) is 20.7 Å². The van der Waals surface area contributed by atoms with E-state index in [1.807, 2.05) is 4.01 Å². The third-order valence-electron chi connectivity index (χ3n) is 0.661. The fraction of sp³-hybridized carbons (Fsp3) is 0. The van der Waals surface area contributed by atoms with Gasteiger partial charge in [0.25, 0.3) is 0 Å². The Balaban J connectivity index is 2.89. The van der Waals surface area contributed by atoms with Crippen molar-refractivity contribution in [3.8, 4) is 0 Å². The predicted molar refractivity (Wildman–Crippen MR) is 41.5 cm³/mol. The smallest absolute Gasteiger partial charge is 0.130 e. The van der Waals surface area contributed by atoms with E-state index in [9.17, 15) is 4.39 Å². The number of halogens is 2. The Hall–Kier alpha value is -0.190. The van der Waals surface area contributed by atoms with E-state index in [1.165, 1.54) is 6.08 Å². The van der Waals surface area contributed by atoms with E-state index < -0.39 is 0 Å². The zero-order chi connectivity index (χ0) is 5.98. The summed E-state index contributed by atoms with van der Waals surface area (Å²) in [4.78, 5) is 0. The molecule has 0 aliphatic carbocycles. The highest BCUT2D eigenvalue weighted by atomic mass is 127. The van der Waals surface area contributed by atoms with Crippen molar-refractivity contribution in [1.29, 1.82) is 0 Å². The maximum atomic E-state index is 12.1. The van der Waals surface area contributed by atoms with Crippen LogP contribution < -0.4 is 5.73 Å². The van der Waals surface area contributed by atoms with Gasteiger partial charge in [0.2, 0.25) is 0 Å². The predicted octanol–water partition coefficient (Wildman–Crippen LogP) is 1.43. The topological polar surface area (TPSA) is 26.0 Å². The summed E-state index contributed by atoms with van der Waals surface area (Å²) in [7, 11) is 0. The fourth-order valence-corrected chi connectivity index (χ4v) is 1.68. The van der Waals surface area contributed by atoms with Crippen LogP contribution in [0.3, 0.4) is 0 Å². The molecule has 2 N–H and O–H groups in total. The highest BCUT2D eigenvalue weighted by molar-refractivity contribution is 14.2. The zero-order valence-electron chi connectivity index (χ0n) is 4.07. The molecule has 8 heavy (non-hydrogen) atoms. The third kappa shape index (κ3) is 1.40. The van der Waals surface area contributed by atoms with Crippen LogP contribution in [-0.2, 0) is 0 Å². The van der Waals surface area contributed by atoms with E-state index in [4.69, 9.17) is 5.73 Å². The third-order valence-corrected chi connectivity index (χ3v) is 2.69. The van der Waals surface area contributed by atoms with Gasteiger partial charge in [-0.05, 0) is 10.1 Å². The highest BCUT2D eigenvalue weighted by Gasteiger charge is 1.92. The van der Waals surface area contributed by atoms with Crippen LogP contribution in [0.15, 0.2) is 21.7 Å². The Kier molecular flexibility index (Phi) is 1.77. The van der Waals surface area contributed by atoms with Gasteiger partial charge in [0.05, 0.1) is 0 Å². The van der Waals surface area contributed by atoms with Crippen LogP contribution in [0, 0.1) is 0 Å². The number of nitrogens with two attached hydrogens (primary N) is 1. The lowest BCUT2D eigenvalue weighted by molar-refractivity contribution is 0.669. The second-order valence-corrected chi connectivity index (χ2v) is 3.34. The molecule has 0 spiro atoms. The Labute approximate surface area is 56.8 Å². The van der Waals surface area contributed by atoms with Crippen LogP contribution in [0.2, 0.25) is 0 Å². The molecule has 1 aliphatic heterocycles. The summed E-state index contributed by atoms with van der Waals surface area (Å²) < 4.78 is 15.6. The molecule has 0 radical (unpaired) electrons. The van der Waals surface area contributed by atoms with Crippen molar-refractivity contribution in [3.63, 3.8) is 0 Å². The lowest BCUT2D eigenvalue weighted by Crippen LogP contribution is -1.97. The molecular formula is C5H5FIN. The average Bonchev–Trinajstić information content (AvgIpc) is 1.64. The molecule has 0 bridgehead atoms. The Bertz CT molecular complexity index is 178. The minimum atomic E-state index is -0.221. The van der Waals surface area contributed by atoms with Crippen LogP contribution in [0.5, 0.6) is 0 Å². The summed E-state index contributed by atoms with van der Waals surface area (Å²) in [5.41, 5.74) is 5.84. The van der Waals surface area contributed by atoms with Crippen molar-refractivity contribution in [3.05, 3.63) is 21.7 Å². The van der Waals surface area contributed by atoms with E-state index >= 15 is 0 Å². The molecule has 0 amide bonds. The molecular weight excluding hydrogens is 220 g/mol. The van der Waals surface area contributed by atoms with Crippen LogP contribution in [-0.4, -0.2) is 4.01 Å². The summed E-state index contributed by atoms with van der Waals surface area (Å²) in [5.74, 6) is -0.183. The molecule has 44 valence electrons. The van der Waals surface area contributed by atoms with Crippen molar-refractivity contribution in [1.82, 2.24) is 0 Å². The van der Waals surface area contributed by atoms with Crippen LogP contribution in [0.4, 0.5) is 4.39 Å². The second-order valence-electron chi connectivity index (χ2n) is 1.37. The van der Waals surface area contributed by atoms with Crippen molar-refractivity contribution < 1.29 is 4.39 Å². The molecule has 0 atom stereocenters. The van der Waals surface area contributed by atoms with Gasteiger partial charge in [0.15, 0.2) is 0 Å². The molecule has 0 aromatic rings. The number of rotatable bonds is 0. The molecule has 0 aromatic heterocycles. The highest BCUT2D eigenvalue weighted by Crippen LogP contribution is 2.13. The van der Waals surface area contributed by atoms with Crippen LogP contribution >= 0.6 is 20.7 Å². The first kappa shape index (κ1) is 5.94. The van der Waals surface area contributed by atoms with E-state index in [2.05, 4.69) is 0 Å². The first-order chi connectivity index (χ1) is 3.79. The van der Waals surface area contributed by atoms with Gasteiger partial charge >= 0.3 is 0 Å². The minimum absolute atomic E-state index is 0.183. The molecule has 1 aliphatic rings. The Morgan fingerprint density at radius 1 is 1.62 bits per heavy atom. The van der Waals surface area contributed by atoms with Gasteiger partial charge < -0.3 is 5.73 Å². The lowest BCUT2D eigenvalue weighted by Gasteiger charge is -1.93. The average molecular weight is 225 g/mol. The molecule has 0 unspecified atom stereocenters. The molecule has 1 heterocycles. The van der Waals surface area contributed by atoms with Gasteiger partial charge in [0, 0.05) is 9.78 Å². The van der Waals surface area contributed by atoms with Gasteiger partial charge in [0.1, 0.15) is 5.83 Å². The fourth-order valence-electron chi connectivity index (χ4n) is 0.387. The van der Waals surface area contributed by atoms with Gasteiger partial charge in [-0.25, -0.2) is 4.39 Å².